The summed E-state index contributed by atoms with van der Waals surface area (Å²) in [5.41, 5.74) is 8.28. The lowest BCUT2D eigenvalue weighted by atomic mass is 10.1. The normalized spacial score (nSPS) is 12.3. The molecule has 0 bridgehead atoms. The summed E-state index contributed by atoms with van der Waals surface area (Å²) >= 11 is 0. The second-order valence-electron chi connectivity index (χ2n) is 7.73. The molecule has 4 heterocycles. The number of nitrogen functional groups attached to an aromatic ring is 1. The Morgan fingerprint density at radius 3 is 2.60 bits per heavy atom. The highest BCUT2D eigenvalue weighted by Gasteiger charge is 2.24. The van der Waals surface area contributed by atoms with Crippen molar-refractivity contribution in [2.24, 2.45) is 0 Å². The number of ether oxygens (including phenoxy) is 1. The van der Waals surface area contributed by atoms with Crippen molar-refractivity contribution in [2.75, 3.05) is 12.8 Å². The fourth-order valence-electron chi connectivity index (χ4n) is 4.05. The lowest BCUT2D eigenvalue weighted by Crippen LogP contribution is -2.10. The SMILES string of the molecule is CCC(c1cn(-c2ccc(F)cc2F)nn1)n1cc(-c2cnc(OC)c(F)c2)c2c(N)ncnc21. The van der Waals surface area contributed by atoms with Gasteiger partial charge in [-0.1, -0.05) is 12.1 Å². The lowest BCUT2D eigenvalue weighted by molar-refractivity contribution is 0.369. The van der Waals surface area contributed by atoms with Gasteiger partial charge in [0.1, 0.15) is 35.0 Å². The third-order valence-electron chi connectivity index (χ3n) is 5.68. The van der Waals surface area contributed by atoms with Crippen LogP contribution in [0.3, 0.4) is 0 Å². The molecule has 178 valence electrons. The van der Waals surface area contributed by atoms with E-state index in [0.717, 1.165) is 12.1 Å². The highest BCUT2D eigenvalue weighted by Crippen LogP contribution is 2.37. The van der Waals surface area contributed by atoms with Crippen LogP contribution in [0.4, 0.5) is 19.0 Å². The van der Waals surface area contributed by atoms with Crippen LogP contribution in [-0.4, -0.2) is 41.6 Å². The van der Waals surface area contributed by atoms with Gasteiger partial charge in [0.2, 0.25) is 5.88 Å². The summed E-state index contributed by atoms with van der Waals surface area (Å²) in [7, 11) is 1.33. The van der Waals surface area contributed by atoms with Crippen LogP contribution in [0.15, 0.2) is 49.2 Å². The molecular weight excluding hydrogens is 461 g/mol. The van der Waals surface area contributed by atoms with Crippen LogP contribution >= 0.6 is 0 Å². The Morgan fingerprint density at radius 2 is 1.89 bits per heavy atom. The average molecular weight is 480 g/mol. The monoisotopic (exact) mass is 480 g/mol. The molecule has 0 aliphatic rings. The zero-order valence-corrected chi connectivity index (χ0v) is 18.7. The highest BCUT2D eigenvalue weighted by atomic mass is 19.1. The van der Waals surface area contributed by atoms with Crippen molar-refractivity contribution in [3.63, 3.8) is 0 Å². The van der Waals surface area contributed by atoms with Crippen LogP contribution in [0.5, 0.6) is 5.88 Å². The quantitative estimate of drug-likeness (QED) is 0.390. The zero-order valence-electron chi connectivity index (χ0n) is 18.7. The molecule has 0 spiro atoms. The molecule has 5 rings (SSSR count). The Morgan fingerprint density at radius 1 is 1.06 bits per heavy atom. The second kappa shape index (κ2) is 8.70. The number of pyridine rings is 1. The Kier molecular flexibility index (Phi) is 5.55. The number of methoxy groups -OCH3 is 1. The predicted octanol–water partition coefficient (Wildman–Crippen LogP) is 4.08. The van der Waals surface area contributed by atoms with E-state index in [-0.39, 0.29) is 23.4 Å². The van der Waals surface area contributed by atoms with E-state index in [9.17, 15) is 13.2 Å². The van der Waals surface area contributed by atoms with Crippen molar-refractivity contribution in [3.8, 4) is 22.7 Å². The fourth-order valence-corrected chi connectivity index (χ4v) is 4.05. The number of benzene rings is 1. The molecule has 5 aromatic rings. The first-order chi connectivity index (χ1) is 16.9. The summed E-state index contributed by atoms with van der Waals surface area (Å²) in [5.74, 6) is -1.99. The molecule has 4 aromatic heterocycles. The molecular formula is C23H19F3N8O. The molecule has 35 heavy (non-hydrogen) atoms. The van der Waals surface area contributed by atoms with Crippen molar-refractivity contribution in [3.05, 3.63) is 72.3 Å². The number of fused-ring (bicyclic) bond motifs is 1. The van der Waals surface area contributed by atoms with E-state index in [0.29, 0.717) is 34.3 Å². The third-order valence-corrected chi connectivity index (χ3v) is 5.68. The summed E-state index contributed by atoms with van der Waals surface area (Å²) in [4.78, 5) is 12.5. The minimum absolute atomic E-state index is 0.0596. The second-order valence-corrected chi connectivity index (χ2v) is 7.73. The minimum atomic E-state index is -0.766. The number of nitrogens with two attached hydrogens (primary N) is 1. The van der Waals surface area contributed by atoms with E-state index >= 15 is 0 Å². The topological polar surface area (TPSA) is 110 Å². The van der Waals surface area contributed by atoms with E-state index in [4.69, 9.17) is 10.5 Å². The van der Waals surface area contributed by atoms with Crippen LogP contribution < -0.4 is 10.5 Å². The first kappa shape index (κ1) is 22.3. The number of rotatable bonds is 6. The van der Waals surface area contributed by atoms with Gasteiger partial charge in [-0.3, -0.25) is 0 Å². The van der Waals surface area contributed by atoms with Gasteiger partial charge >= 0.3 is 0 Å². The van der Waals surface area contributed by atoms with Crippen LogP contribution in [-0.2, 0) is 0 Å². The van der Waals surface area contributed by atoms with Gasteiger partial charge in [0.15, 0.2) is 11.6 Å². The smallest absolute Gasteiger partial charge is 0.250 e. The number of hydrogen-bond acceptors (Lipinski definition) is 7. The Labute approximate surface area is 197 Å². The van der Waals surface area contributed by atoms with Crippen molar-refractivity contribution in [2.45, 2.75) is 19.4 Å². The molecule has 12 heteroatoms. The first-order valence-electron chi connectivity index (χ1n) is 10.6. The van der Waals surface area contributed by atoms with E-state index in [1.165, 1.54) is 36.4 Å². The van der Waals surface area contributed by atoms with Gasteiger partial charge in [-0.15, -0.1) is 5.10 Å². The summed E-state index contributed by atoms with van der Waals surface area (Å²) in [5, 5.41) is 8.77. The molecule has 1 unspecified atom stereocenters. The van der Waals surface area contributed by atoms with Gasteiger partial charge in [-0.05, 0) is 24.6 Å². The molecule has 2 N–H and O–H groups in total. The molecule has 1 atom stereocenters. The van der Waals surface area contributed by atoms with Crippen LogP contribution in [0.25, 0.3) is 27.8 Å². The van der Waals surface area contributed by atoms with Gasteiger partial charge in [0.25, 0.3) is 0 Å². The van der Waals surface area contributed by atoms with Gasteiger partial charge in [-0.2, -0.15) is 0 Å². The minimum Gasteiger partial charge on any atom is -0.479 e. The number of halogens is 3. The molecule has 0 aliphatic heterocycles. The van der Waals surface area contributed by atoms with Crippen LogP contribution in [0.1, 0.15) is 25.1 Å². The van der Waals surface area contributed by atoms with E-state index < -0.39 is 17.5 Å². The van der Waals surface area contributed by atoms with Gasteiger partial charge in [-0.25, -0.2) is 32.8 Å². The van der Waals surface area contributed by atoms with E-state index in [1.54, 1.807) is 12.4 Å². The largest absolute Gasteiger partial charge is 0.479 e. The van der Waals surface area contributed by atoms with Crippen molar-refractivity contribution in [1.82, 2.24) is 34.5 Å². The Hall–Kier alpha value is -4.48. The maximum absolute atomic E-state index is 14.4. The van der Waals surface area contributed by atoms with Gasteiger partial charge in [0, 0.05) is 29.6 Å². The molecule has 0 fully saturated rings. The van der Waals surface area contributed by atoms with Crippen LogP contribution in [0.2, 0.25) is 0 Å². The molecule has 0 saturated carbocycles. The maximum Gasteiger partial charge on any atom is 0.250 e. The number of nitrogens with zero attached hydrogens (tertiary/aromatic N) is 7. The van der Waals surface area contributed by atoms with Crippen molar-refractivity contribution < 1.29 is 17.9 Å². The van der Waals surface area contributed by atoms with Crippen LogP contribution in [0, 0.1) is 17.5 Å². The summed E-state index contributed by atoms with van der Waals surface area (Å²) in [6.45, 7) is 1.94. The number of anilines is 1. The van der Waals surface area contributed by atoms with Gasteiger partial charge < -0.3 is 15.0 Å². The summed E-state index contributed by atoms with van der Waals surface area (Å²) < 4.78 is 50.0. The number of hydrogen-bond donors (Lipinski definition) is 1. The standard InChI is InChI=1S/C23H19F3N8O/c1-3-18(17-10-34(32-31-17)19-5-4-13(24)7-15(19)25)33-9-14(20-21(27)29-11-30-22(20)33)12-6-16(26)23(35-2)28-8-12/h4-11,18H,3H2,1-2H3,(H2,27,29,30). The van der Waals surface area contributed by atoms with Gasteiger partial charge in [0.05, 0.1) is 24.7 Å². The summed E-state index contributed by atoms with van der Waals surface area (Å²) in [6.07, 6.45) is 6.71. The molecule has 0 aliphatic carbocycles. The van der Waals surface area contributed by atoms with Crippen molar-refractivity contribution in [1.29, 1.82) is 0 Å². The maximum atomic E-state index is 14.4. The van der Waals surface area contributed by atoms with Crippen molar-refractivity contribution >= 4 is 16.9 Å². The average Bonchev–Trinajstić information content (AvgIpc) is 3.46. The first-order valence-corrected chi connectivity index (χ1v) is 10.6. The molecule has 9 nitrogen and oxygen atoms in total. The number of aromatic nitrogens is 7. The molecule has 0 radical (unpaired) electrons. The third kappa shape index (κ3) is 3.82. The Balaban J connectivity index is 1.63. The molecule has 0 amide bonds. The van der Waals surface area contributed by atoms with E-state index in [2.05, 4.69) is 25.3 Å². The summed E-state index contributed by atoms with van der Waals surface area (Å²) in [6, 6.07) is 4.12. The highest BCUT2D eigenvalue weighted by molar-refractivity contribution is 6.00. The molecule has 0 saturated heterocycles. The molecule has 1 aromatic carbocycles. The van der Waals surface area contributed by atoms with E-state index in [1.807, 2.05) is 11.5 Å². The fraction of sp³-hybridized carbons (Fsp3) is 0.174. The predicted molar refractivity (Wildman–Crippen MR) is 121 cm³/mol. The lowest BCUT2D eigenvalue weighted by Gasteiger charge is -2.15. The zero-order chi connectivity index (χ0) is 24.7. The Bertz CT molecular complexity index is 1550.